The van der Waals surface area contributed by atoms with E-state index in [0.717, 1.165) is 36.9 Å². The number of pyridine rings is 1. The number of carbonyl (C=O) groups excluding carboxylic acids is 2. The molecule has 2 fully saturated rings. The predicted molar refractivity (Wildman–Crippen MR) is 97.7 cm³/mol. The first-order valence-electron chi connectivity index (χ1n) is 9.00. The average Bonchev–Trinajstić information content (AvgIpc) is 3.58. The predicted octanol–water partition coefficient (Wildman–Crippen LogP) is 3.50. The van der Waals surface area contributed by atoms with Crippen molar-refractivity contribution >= 4 is 28.5 Å². The summed E-state index contributed by atoms with van der Waals surface area (Å²) in [7, 11) is 0. The zero-order valence-electron chi connectivity index (χ0n) is 14.2. The van der Waals surface area contributed by atoms with Crippen LogP contribution < -0.4 is 5.32 Å². The molecular formula is C20H18N4O2. The minimum Gasteiger partial charge on any atom is -0.308 e. The van der Waals surface area contributed by atoms with E-state index in [9.17, 15) is 9.59 Å². The molecule has 0 aliphatic heterocycles. The molecular weight excluding hydrogens is 328 g/mol. The van der Waals surface area contributed by atoms with Crippen LogP contribution in [-0.2, 0) is 4.79 Å². The summed E-state index contributed by atoms with van der Waals surface area (Å²) in [5.74, 6) is 0.511. The van der Waals surface area contributed by atoms with Gasteiger partial charge in [0.15, 0.2) is 5.82 Å². The van der Waals surface area contributed by atoms with Gasteiger partial charge in [0.05, 0.1) is 16.6 Å². The van der Waals surface area contributed by atoms with Crippen LogP contribution in [0.3, 0.4) is 0 Å². The number of aromatic nitrogens is 3. The van der Waals surface area contributed by atoms with E-state index in [1.54, 1.807) is 6.20 Å². The molecule has 1 amide bonds. The van der Waals surface area contributed by atoms with Gasteiger partial charge in [-0.1, -0.05) is 30.3 Å². The molecule has 6 heteroatoms. The Balaban J connectivity index is 1.61. The van der Waals surface area contributed by atoms with Crippen molar-refractivity contribution in [3.05, 3.63) is 42.6 Å². The number of anilines is 1. The van der Waals surface area contributed by atoms with Crippen LogP contribution in [0.4, 0.5) is 5.82 Å². The Kier molecular flexibility index (Phi) is 3.38. The smallest absolute Gasteiger partial charge is 0.250 e. The molecule has 26 heavy (non-hydrogen) atoms. The van der Waals surface area contributed by atoms with Crippen LogP contribution in [0.2, 0.25) is 0 Å². The summed E-state index contributed by atoms with van der Waals surface area (Å²) < 4.78 is 1.45. The summed E-state index contributed by atoms with van der Waals surface area (Å²) in [5, 5.41) is 8.01. The SMILES string of the molecule is O=C(Nc1nn(C(=O)C2CC2)c2cc(-c3ccccc3)ncc12)C1CC1. The van der Waals surface area contributed by atoms with Crippen LogP contribution in [0, 0.1) is 11.8 Å². The number of carbonyl (C=O) groups is 2. The van der Waals surface area contributed by atoms with E-state index in [1.807, 2.05) is 36.4 Å². The van der Waals surface area contributed by atoms with Crippen molar-refractivity contribution in [2.45, 2.75) is 25.7 Å². The number of nitrogens with one attached hydrogen (secondary N) is 1. The van der Waals surface area contributed by atoms with Gasteiger partial charge in [-0.25, -0.2) is 0 Å². The van der Waals surface area contributed by atoms with E-state index in [2.05, 4.69) is 15.4 Å². The van der Waals surface area contributed by atoms with E-state index >= 15 is 0 Å². The fraction of sp³-hybridized carbons (Fsp3) is 0.300. The lowest BCUT2D eigenvalue weighted by atomic mass is 10.1. The number of rotatable bonds is 4. The third kappa shape index (κ3) is 2.67. The van der Waals surface area contributed by atoms with Gasteiger partial charge in [-0.05, 0) is 31.7 Å². The van der Waals surface area contributed by atoms with Gasteiger partial charge in [0, 0.05) is 23.6 Å². The zero-order chi connectivity index (χ0) is 17.7. The van der Waals surface area contributed by atoms with E-state index in [0.29, 0.717) is 16.7 Å². The maximum Gasteiger partial charge on any atom is 0.250 e. The molecule has 130 valence electrons. The van der Waals surface area contributed by atoms with Gasteiger partial charge in [-0.3, -0.25) is 14.6 Å². The second-order valence-corrected chi connectivity index (χ2v) is 7.09. The van der Waals surface area contributed by atoms with Crippen molar-refractivity contribution in [2.75, 3.05) is 5.32 Å². The second kappa shape index (κ2) is 5.76. The highest BCUT2D eigenvalue weighted by molar-refractivity contribution is 6.04. The van der Waals surface area contributed by atoms with Crippen molar-refractivity contribution in [3.63, 3.8) is 0 Å². The molecule has 5 rings (SSSR count). The van der Waals surface area contributed by atoms with Crippen LogP contribution in [0.15, 0.2) is 42.6 Å². The number of fused-ring (bicyclic) bond motifs is 1. The first-order chi connectivity index (χ1) is 12.7. The first-order valence-corrected chi connectivity index (χ1v) is 9.00. The molecule has 6 nitrogen and oxygen atoms in total. The highest BCUT2D eigenvalue weighted by atomic mass is 16.2. The van der Waals surface area contributed by atoms with Crippen molar-refractivity contribution in [1.82, 2.24) is 14.8 Å². The third-order valence-corrected chi connectivity index (χ3v) is 4.96. The molecule has 2 aliphatic rings. The van der Waals surface area contributed by atoms with Gasteiger partial charge in [0.25, 0.3) is 5.91 Å². The van der Waals surface area contributed by atoms with Crippen molar-refractivity contribution in [3.8, 4) is 11.3 Å². The second-order valence-electron chi connectivity index (χ2n) is 7.09. The molecule has 2 heterocycles. The Morgan fingerprint density at radius 1 is 1.04 bits per heavy atom. The minimum atomic E-state index is -0.0254. The molecule has 0 bridgehead atoms. The minimum absolute atomic E-state index is 0.00728. The summed E-state index contributed by atoms with van der Waals surface area (Å²) in [6, 6.07) is 11.7. The Bertz CT molecular complexity index is 1020. The molecule has 0 atom stereocenters. The quantitative estimate of drug-likeness (QED) is 0.784. The zero-order valence-corrected chi connectivity index (χ0v) is 14.2. The standard InChI is InChI=1S/C20H18N4O2/c25-19(13-6-7-13)22-18-15-11-21-16(12-4-2-1-3-5-12)10-17(15)24(23-18)20(26)14-8-9-14/h1-5,10-11,13-14H,6-9H2,(H,22,23,25). The van der Waals surface area contributed by atoms with Crippen molar-refractivity contribution < 1.29 is 9.59 Å². The molecule has 2 aliphatic carbocycles. The topological polar surface area (TPSA) is 76.9 Å². The van der Waals surface area contributed by atoms with Crippen molar-refractivity contribution in [2.24, 2.45) is 11.8 Å². The molecule has 0 saturated heterocycles. The monoisotopic (exact) mass is 346 g/mol. The van der Waals surface area contributed by atoms with Gasteiger partial charge in [0.1, 0.15) is 0 Å². The van der Waals surface area contributed by atoms with Crippen LogP contribution in [0.5, 0.6) is 0 Å². The van der Waals surface area contributed by atoms with Gasteiger partial charge in [-0.15, -0.1) is 5.10 Å². The van der Waals surface area contributed by atoms with E-state index in [1.165, 1.54) is 4.68 Å². The van der Waals surface area contributed by atoms with Crippen LogP contribution in [0.1, 0.15) is 30.5 Å². The third-order valence-electron chi connectivity index (χ3n) is 4.96. The number of hydrogen-bond donors (Lipinski definition) is 1. The molecule has 2 saturated carbocycles. The average molecular weight is 346 g/mol. The Morgan fingerprint density at radius 3 is 2.46 bits per heavy atom. The highest BCUT2D eigenvalue weighted by Gasteiger charge is 2.34. The fourth-order valence-corrected chi connectivity index (χ4v) is 3.10. The van der Waals surface area contributed by atoms with Gasteiger partial charge >= 0.3 is 0 Å². The molecule has 3 aromatic rings. The lowest BCUT2D eigenvalue weighted by molar-refractivity contribution is -0.117. The molecule has 0 unspecified atom stereocenters. The Labute approximate surface area is 150 Å². The highest BCUT2D eigenvalue weighted by Crippen LogP contribution is 2.35. The molecule has 0 radical (unpaired) electrons. The normalized spacial score (nSPS) is 16.6. The number of hydrogen-bond acceptors (Lipinski definition) is 4. The number of amides is 1. The number of nitrogens with zero attached hydrogens (tertiary/aromatic N) is 3. The number of benzene rings is 1. The summed E-state index contributed by atoms with van der Waals surface area (Å²) in [4.78, 5) is 29.4. The lowest BCUT2D eigenvalue weighted by Gasteiger charge is -2.03. The molecule has 1 N–H and O–H groups in total. The molecule has 1 aromatic carbocycles. The molecule has 0 spiro atoms. The van der Waals surface area contributed by atoms with Crippen LogP contribution >= 0.6 is 0 Å². The maximum absolute atomic E-state index is 12.7. The van der Waals surface area contributed by atoms with Gasteiger partial charge in [0.2, 0.25) is 5.91 Å². The molecule has 2 aromatic heterocycles. The van der Waals surface area contributed by atoms with Crippen LogP contribution in [0.25, 0.3) is 22.2 Å². The van der Waals surface area contributed by atoms with Gasteiger partial charge < -0.3 is 5.32 Å². The maximum atomic E-state index is 12.7. The summed E-state index contributed by atoms with van der Waals surface area (Å²) in [6.07, 6.45) is 5.34. The lowest BCUT2D eigenvalue weighted by Crippen LogP contribution is -2.16. The largest absolute Gasteiger partial charge is 0.308 e. The van der Waals surface area contributed by atoms with Gasteiger partial charge in [-0.2, -0.15) is 4.68 Å². The summed E-state index contributed by atoms with van der Waals surface area (Å²) >= 11 is 0. The Hall–Kier alpha value is -3.02. The van der Waals surface area contributed by atoms with E-state index < -0.39 is 0 Å². The van der Waals surface area contributed by atoms with E-state index in [-0.39, 0.29) is 23.7 Å². The first kappa shape index (κ1) is 15.3. The van der Waals surface area contributed by atoms with Crippen molar-refractivity contribution in [1.29, 1.82) is 0 Å². The van der Waals surface area contributed by atoms with Crippen LogP contribution in [-0.4, -0.2) is 26.6 Å². The van der Waals surface area contributed by atoms with E-state index in [4.69, 9.17) is 0 Å². The summed E-state index contributed by atoms with van der Waals surface area (Å²) in [5.41, 5.74) is 2.45. The summed E-state index contributed by atoms with van der Waals surface area (Å²) in [6.45, 7) is 0. The Morgan fingerprint density at radius 2 is 1.77 bits per heavy atom. The fourth-order valence-electron chi connectivity index (χ4n) is 3.10.